The van der Waals surface area contributed by atoms with Gasteiger partial charge < -0.3 is 25.0 Å². The predicted molar refractivity (Wildman–Crippen MR) is 163 cm³/mol. The Morgan fingerprint density at radius 1 is 1.12 bits per heavy atom. The van der Waals surface area contributed by atoms with Crippen molar-refractivity contribution in [1.29, 1.82) is 0 Å². The highest BCUT2D eigenvalue weighted by Gasteiger charge is 2.38. The third-order valence-corrected chi connectivity index (χ3v) is 9.54. The van der Waals surface area contributed by atoms with Crippen LogP contribution < -0.4 is 19.9 Å². The lowest BCUT2D eigenvalue weighted by Crippen LogP contribution is -2.37. The number of amides is 1. The molecule has 0 atom stereocenters. The number of fused-ring (bicyclic) bond motifs is 2. The van der Waals surface area contributed by atoms with Crippen LogP contribution >= 0.6 is 0 Å². The lowest BCUT2D eigenvalue weighted by molar-refractivity contribution is 0.0974. The van der Waals surface area contributed by atoms with Gasteiger partial charge in [-0.25, -0.2) is 4.39 Å². The molecule has 0 radical (unpaired) electrons. The fourth-order valence-corrected chi connectivity index (χ4v) is 6.95. The number of hydrogen-bond donors (Lipinski definition) is 2. The van der Waals surface area contributed by atoms with Gasteiger partial charge in [-0.15, -0.1) is 0 Å². The summed E-state index contributed by atoms with van der Waals surface area (Å²) in [5, 5.41) is 15.3. The topological polar surface area (TPSA) is 90.8 Å². The maximum Gasteiger partial charge on any atom is 0.318 e. The van der Waals surface area contributed by atoms with Crippen molar-refractivity contribution in [2.75, 3.05) is 36.5 Å². The second-order valence-electron chi connectivity index (χ2n) is 12.5. The number of benzene rings is 2. The number of rotatable bonds is 7. The lowest BCUT2D eigenvalue weighted by Gasteiger charge is -2.36. The van der Waals surface area contributed by atoms with Gasteiger partial charge in [0.1, 0.15) is 22.9 Å². The molecular weight excluding hydrogens is 533 g/mol. The molecule has 8 nitrogen and oxygen atoms in total. The number of nitrogens with zero attached hydrogens (tertiary/aromatic N) is 4. The van der Waals surface area contributed by atoms with Gasteiger partial charge in [0.15, 0.2) is 0 Å². The molecule has 2 aromatic carbocycles. The number of phenols is 1. The van der Waals surface area contributed by atoms with Crippen LogP contribution in [-0.2, 0) is 13.0 Å². The minimum absolute atomic E-state index is 0.0269. The van der Waals surface area contributed by atoms with Gasteiger partial charge in [0, 0.05) is 36.0 Å². The van der Waals surface area contributed by atoms with Crippen LogP contribution in [0.5, 0.6) is 11.8 Å². The number of carbonyl (C=O) groups excluding carboxylic acids is 1. The van der Waals surface area contributed by atoms with Gasteiger partial charge in [-0.05, 0) is 75.1 Å². The monoisotopic (exact) mass is 575 g/mol. The van der Waals surface area contributed by atoms with Crippen LogP contribution in [0.15, 0.2) is 24.3 Å². The molecule has 1 saturated carbocycles. The molecule has 1 amide bonds. The van der Waals surface area contributed by atoms with Crippen LogP contribution in [0.25, 0.3) is 10.8 Å². The number of carbonyl (C=O) groups is 1. The Kier molecular flexibility index (Phi) is 7.96. The van der Waals surface area contributed by atoms with Crippen molar-refractivity contribution < 1.29 is 19.0 Å². The SMILES string of the molecule is CCc1c(F)ccc2cc(O)cc(N3Cc4nc(OCC5(C)CCC(NC)CC5)nc(N5CCCCCC5)c4C3=O)c12. The van der Waals surface area contributed by atoms with Crippen molar-refractivity contribution in [3.05, 3.63) is 46.9 Å². The molecular formula is C33H42FN5O3. The van der Waals surface area contributed by atoms with Crippen LogP contribution in [0.1, 0.15) is 86.8 Å². The highest BCUT2D eigenvalue weighted by atomic mass is 19.1. The Bertz CT molecular complexity index is 1480. The Hall–Kier alpha value is -3.46. The fourth-order valence-electron chi connectivity index (χ4n) is 6.95. The first-order valence-corrected chi connectivity index (χ1v) is 15.5. The number of hydrogen-bond acceptors (Lipinski definition) is 7. The first kappa shape index (κ1) is 28.6. The Labute approximate surface area is 247 Å². The third kappa shape index (κ3) is 5.39. The molecule has 3 aliphatic rings. The van der Waals surface area contributed by atoms with Crippen LogP contribution in [0, 0.1) is 11.2 Å². The molecule has 3 heterocycles. The first-order valence-electron chi connectivity index (χ1n) is 15.5. The molecule has 6 rings (SSSR count). The standard InChI is InChI=1S/C33H42FN5O3/c1-4-24-25(34)10-9-21-17-23(40)18-27(28(21)24)39-19-26-29(31(39)41)30(38-15-7-5-6-8-16-38)37-32(36-26)42-20-33(2)13-11-22(35-3)12-14-33/h9-10,17-18,22,35,40H,4-8,11-16,19-20H2,1-3H3. The van der Waals surface area contributed by atoms with E-state index in [-0.39, 0.29) is 29.4 Å². The van der Waals surface area contributed by atoms with Crippen molar-refractivity contribution in [2.45, 2.75) is 84.2 Å². The number of ether oxygens (including phenoxy) is 1. The molecule has 1 aromatic heterocycles. The highest BCUT2D eigenvalue weighted by molar-refractivity contribution is 6.16. The van der Waals surface area contributed by atoms with E-state index in [9.17, 15) is 14.3 Å². The van der Waals surface area contributed by atoms with Gasteiger partial charge in [0.25, 0.3) is 5.91 Å². The molecule has 3 aromatic rings. The number of anilines is 2. The van der Waals surface area contributed by atoms with Crippen molar-refractivity contribution in [2.24, 2.45) is 5.41 Å². The third-order valence-electron chi connectivity index (χ3n) is 9.54. The normalized spacial score (nSPS) is 22.9. The summed E-state index contributed by atoms with van der Waals surface area (Å²) >= 11 is 0. The van der Waals surface area contributed by atoms with Gasteiger partial charge in [-0.3, -0.25) is 4.79 Å². The fraction of sp³-hybridized carbons (Fsp3) is 0.545. The van der Waals surface area contributed by atoms with Gasteiger partial charge >= 0.3 is 6.01 Å². The van der Waals surface area contributed by atoms with E-state index in [0.717, 1.165) is 64.5 Å². The summed E-state index contributed by atoms with van der Waals surface area (Å²) in [5.41, 5.74) is 2.15. The summed E-state index contributed by atoms with van der Waals surface area (Å²) < 4.78 is 21.3. The van der Waals surface area contributed by atoms with Gasteiger partial charge in [0.2, 0.25) is 0 Å². The zero-order valence-corrected chi connectivity index (χ0v) is 25.0. The zero-order valence-electron chi connectivity index (χ0n) is 25.0. The number of nitrogens with one attached hydrogen (secondary N) is 1. The smallest absolute Gasteiger partial charge is 0.318 e. The summed E-state index contributed by atoms with van der Waals surface area (Å²) in [7, 11) is 2.02. The average Bonchev–Trinajstić information content (AvgIpc) is 3.13. The second kappa shape index (κ2) is 11.7. The van der Waals surface area contributed by atoms with Gasteiger partial charge in [0.05, 0.1) is 24.5 Å². The minimum atomic E-state index is -0.320. The maximum atomic E-state index is 14.9. The van der Waals surface area contributed by atoms with Crippen LogP contribution in [0.3, 0.4) is 0 Å². The van der Waals surface area contributed by atoms with Crippen molar-refractivity contribution >= 4 is 28.2 Å². The molecule has 42 heavy (non-hydrogen) atoms. The highest BCUT2D eigenvalue weighted by Crippen LogP contribution is 2.42. The second-order valence-corrected chi connectivity index (χ2v) is 12.5. The molecule has 2 aliphatic heterocycles. The van der Waals surface area contributed by atoms with E-state index in [4.69, 9.17) is 14.7 Å². The molecule has 9 heteroatoms. The summed E-state index contributed by atoms with van der Waals surface area (Å²) in [5.74, 6) is 0.101. The molecule has 2 fully saturated rings. The minimum Gasteiger partial charge on any atom is -0.508 e. The van der Waals surface area contributed by atoms with E-state index < -0.39 is 0 Å². The molecule has 0 spiro atoms. The summed E-state index contributed by atoms with van der Waals surface area (Å²) in [6, 6.07) is 7.10. The number of aromatic nitrogens is 2. The quantitative estimate of drug-likeness (QED) is 0.351. The average molecular weight is 576 g/mol. The Balaban J connectivity index is 1.38. The van der Waals surface area contributed by atoms with E-state index in [2.05, 4.69) is 17.1 Å². The summed E-state index contributed by atoms with van der Waals surface area (Å²) in [4.78, 5) is 27.7. The zero-order chi connectivity index (χ0) is 29.4. The van der Waals surface area contributed by atoms with Crippen molar-refractivity contribution in [3.8, 4) is 11.8 Å². The number of aromatic hydroxyl groups is 1. The van der Waals surface area contributed by atoms with Crippen molar-refractivity contribution in [3.63, 3.8) is 0 Å². The van der Waals surface area contributed by atoms with E-state index in [1.54, 1.807) is 23.1 Å². The number of phenolic OH excluding ortho intramolecular Hbond substituents is 1. The summed E-state index contributed by atoms with van der Waals surface area (Å²) in [6.07, 6.45) is 9.19. The van der Waals surface area contributed by atoms with Crippen LogP contribution in [-0.4, -0.2) is 53.8 Å². The summed E-state index contributed by atoms with van der Waals surface area (Å²) in [6.45, 7) is 6.53. The van der Waals surface area contributed by atoms with Crippen LogP contribution in [0.2, 0.25) is 0 Å². The lowest BCUT2D eigenvalue weighted by atomic mass is 9.74. The predicted octanol–water partition coefficient (Wildman–Crippen LogP) is 6.12. The van der Waals surface area contributed by atoms with Crippen molar-refractivity contribution in [1.82, 2.24) is 15.3 Å². The number of aryl methyl sites for hydroxylation is 1. The first-order chi connectivity index (χ1) is 20.3. The molecule has 224 valence electrons. The molecule has 1 saturated heterocycles. The Morgan fingerprint density at radius 2 is 1.86 bits per heavy atom. The van der Waals surface area contributed by atoms with E-state index in [0.29, 0.717) is 64.2 Å². The Morgan fingerprint density at radius 3 is 2.55 bits per heavy atom. The molecule has 1 aliphatic carbocycles. The van der Waals surface area contributed by atoms with E-state index in [1.165, 1.54) is 6.07 Å². The molecule has 0 bridgehead atoms. The largest absolute Gasteiger partial charge is 0.508 e. The van der Waals surface area contributed by atoms with Gasteiger partial charge in [-0.1, -0.05) is 32.8 Å². The number of halogens is 1. The molecule has 0 unspecified atom stereocenters. The van der Waals surface area contributed by atoms with E-state index in [1.807, 2.05) is 14.0 Å². The molecule has 2 N–H and O–H groups in total. The maximum absolute atomic E-state index is 14.9. The van der Waals surface area contributed by atoms with Gasteiger partial charge in [-0.2, -0.15) is 9.97 Å². The van der Waals surface area contributed by atoms with Crippen LogP contribution in [0.4, 0.5) is 15.9 Å². The van der Waals surface area contributed by atoms with E-state index >= 15 is 0 Å².